The number of nitrogen functional groups attached to an aromatic ring is 1. The number of anilines is 2. The van der Waals surface area contributed by atoms with Crippen LogP contribution in [0.2, 0.25) is 0 Å². The van der Waals surface area contributed by atoms with Gasteiger partial charge in [-0.1, -0.05) is 48.5 Å². The Kier molecular flexibility index (Phi) is 10.4. The van der Waals surface area contributed by atoms with E-state index in [2.05, 4.69) is 16.0 Å². The van der Waals surface area contributed by atoms with Gasteiger partial charge in [-0.25, -0.2) is 8.78 Å². The Balaban J connectivity index is 1.39. The summed E-state index contributed by atoms with van der Waals surface area (Å²) in [6.45, 7) is 0.539. The van der Waals surface area contributed by atoms with Crippen LogP contribution in [0.4, 0.5) is 20.2 Å². The van der Waals surface area contributed by atoms with E-state index in [1.807, 2.05) is 0 Å². The Morgan fingerprint density at radius 2 is 1.12 bits per heavy atom. The van der Waals surface area contributed by atoms with Crippen LogP contribution in [-0.4, -0.2) is 30.8 Å². The molecule has 0 fully saturated rings. The molecular formula is C33H32F2N4O3. The number of rotatable bonds is 12. The summed E-state index contributed by atoms with van der Waals surface area (Å²) < 4.78 is 26.4. The van der Waals surface area contributed by atoms with E-state index < -0.39 is 17.7 Å². The molecule has 0 bridgehead atoms. The van der Waals surface area contributed by atoms with Crippen molar-refractivity contribution in [3.05, 3.63) is 131 Å². The van der Waals surface area contributed by atoms with Crippen molar-refractivity contribution in [1.82, 2.24) is 10.6 Å². The fraction of sp³-hybridized carbons (Fsp3) is 0.182. The summed E-state index contributed by atoms with van der Waals surface area (Å²) in [6, 6.07) is 25.6. The van der Waals surface area contributed by atoms with E-state index in [1.54, 1.807) is 72.8 Å². The molecule has 0 aliphatic heterocycles. The number of nitrogens with two attached hydrogens (primary N) is 1. The second kappa shape index (κ2) is 14.5. The zero-order chi connectivity index (χ0) is 29.9. The van der Waals surface area contributed by atoms with Crippen molar-refractivity contribution in [2.24, 2.45) is 5.92 Å². The van der Waals surface area contributed by atoms with Gasteiger partial charge in [0.1, 0.15) is 17.6 Å². The first kappa shape index (κ1) is 29.9. The number of nitrogens with one attached hydrogen (secondary N) is 3. The SMILES string of the molecule is Nc1ccccc1NC(=O)c1ccc(CC(C(=O)NCCc2ccc(F)cc2)C(=O)NCCc2ccc(F)cc2)cc1. The lowest BCUT2D eigenvalue weighted by atomic mass is 9.96. The molecule has 7 nitrogen and oxygen atoms in total. The van der Waals surface area contributed by atoms with Crippen molar-refractivity contribution in [3.63, 3.8) is 0 Å². The summed E-state index contributed by atoms with van der Waals surface area (Å²) in [6.07, 6.45) is 1.06. The molecule has 0 spiro atoms. The topological polar surface area (TPSA) is 113 Å². The van der Waals surface area contributed by atoms with Crippen LogP contribution in [0.1, 0.15) is 27.0 Å². The molecule has 0 radical (unpaired) electrons. The average Bonchev–Trinajstić information content (AvgIpc) is 2.99. The first-order chi connectivity index (χ1) is 20.3. The number of hydrogen-bond donors (Lipinski definition) is 4. The molecule has 9 heteroatoms. The van der Waals surface area contributed by atoms with Gasteiger partial charge in [0, 0.05) is 18.7 Å². The van der Waals surface area contributed by atoms with E-state index in [1.165, 1.54) is 24.3 Å². The van der Waals surface area contributed by atoms with Crippen LogP contribution >= 0.6 is 0 Å². The second-order valence-corrected chi connectivity index (χ2v) is 9.83. The highest BCUT2D eigenvalue weighted by atomic mass is 19.1. The van der Waals surface area contributed by atoms with Crippen molar-refractivity contribution >= 4 is 29.1 Å². The van der Waals surface area contributed by atoms with E-state index in [0.29, 0.717) is 35.3 Å². The number of carbonyl (C=O) groups excluding carboxylic acids is 3. The highest BCUT2D eigenvalue weighted by Crippen LogP contribution is 2.19. The summed E-state index contributed by atoms with van der Waals surface area (Å²) >= 11 is 0. The molecule has 0 aromatic heterocycles. The molecule has 4 aromatic rings. The molecular weight excluding hydrogens is 538 g/mol. The fourth-order valence-electron chi connectivity index (χ4n) is 4.35. The minimum absolute atomic E-state index is 0.109. The summed E-state index contributed by atoms with van der Waals surface area (Å²) in [7, 11) is 0. The highest BCUT2D eigenvalue weighted by Gasteiger charge is 2.26. The lowest BCUT2D eigenvalue weighted by molar-refractivity contribution is -0.135. The minimum atomic E-state index is -1.03. The highest BCUT2D eigenvalue weighted by molar-refractivity contribution is 6.05. The van der Waals surface area contributed by atoms with Gasteiger partial charge in [-0.15, -0.1) is 0 Å². The van der Waals surface area contributed by atoms with Crippen molar-refractivity contribution in [3.8, 4) is 0 Å². The van der Waals surface area contributed by atoms with Gasteiger partial charge in [0.2, 0.25) is 11.8 Å². The predicted octanol–water partition coefficient (Wildman–Crippen LogP) is 4.68. The maximum absolute atomic E-state index is 13.2. The number of halogens is 2. The van der Waals surface area contributed by atoms with Crippen LogP contribution in [0.15, 0.2) is 97.1 Å². The number of benzene rings is 4. The molecule has 4 rings (SSSR count). The molecule has 0 aliphatic rings. The second-order valence-electron chi connectivity index (χ2n) is 9.83. The number of hydrogen-bond acceptors (Lipinski definition) is 4. The quantitative estimate of drug-likeness (QED) is 0.146. The largest absolute Gasteiger partial charge is 0.397 e. The van der Waals surface area contributed by atoms with Crippen LogP contribution in [-0.2, 0) is 28.9 Å². The minimum Gasteiger partial charge on any atom is -0.397 e. The summed E-state index contributed by atoms with van der Waals surface area (Å²) in [5, 5.41) is 8.39. The van der Waals surface area contributed by atoms with E-state index in [-0.39, 0.29) is 37.1 Å². The Morgan fingerprint density at radius 1 is 0.643 bits per heavy atom. The average molecular weight is 571 g/mol. The Bertz CT molecular complexity index is 1440. The van der Waals surface area contributed by atoms with Gasteiger partial charge < -0.3 is 21.7 Å². The zero-order valence-corrected chi connectivity index (χ0v) is 22.9. The van der Waals surface area contributed by atoms with Gasteiger partial charge in [0.05, 0.1) is 11.4 Å². The Hall–Kier alpha value is -5.05. The third kappa shape index (κ3) is 8.72. The Labute approximate surface area is 243 Å². The molecule has 0 saturated heterocycles. The van der Waals surface area contributed by atoms with Crippen molar-refractivity contribution in [2.75, 3.05) is 24.1 Å². The number of para-hydroxylation sites is 2. The smallest absolute Gasteiger partial charge is 0.255 e. The van der Waals surface area contributed by atoms with E-state index in [0.717, 1.165) is 11.1 Å². The lowest BCUT2D eigenvalue weighted by Gasteiger charge is -2.17. The van der Waals surface area contributed by atoms with Gasteiger partial charge in [0.25, 0.3) is 5.91 Å². The third-order valence-corrected chi connectivity index (χ3v) is 6.75. The fourth-order valence-corrected chi connectivity index (χ4v) is 4.35. The van der Waals surface area contributed by atoms with Crippen LogP contribution in [0.25, 0.3) is 0 Å². The lowest BCUT2D eigenvalue weighted by Crippen LogP contribution is -2.43. The van der Waals surface area contributed by atoms with Gasteiger partial charge >= 0.3 is 0 Å². The van der Waals surface area contributed by atoms with Crippen molar-refractivity contribution in [1.29, 1.82) is 0 Å². The van der Waals surface area contributed by atoms with Gasteiger partial charge in [-0.2, -0.15) is 0 Å². The van der Waals surface area contributed by atoms with E-state index >= 15 is 0 Å². The molecule has 0 heterocycles. The van der Waals surface area contributed by atoms with Crippen molar-refractivity contribution < 1.29 is 23.2 Å². The maximum atomic E-state index is 13.2. The number of amides is 3. The summed E-state index contributed by atoms with van der Waals surface area (Å²) in [5.41, 5.74) is 9.64. The van der Waals surface area contributed by atoms with Crippen molar-refractivity contribution in [2.45, 2.75) is 19.3 Å². The van der Waals surface area contributed by atoms with Crippen LogP contribution < -0.4 is 21.7 Å². The van der Waals surface area contributed by atoms with Crippen LogP contribution in [0, 0.1) is 17.6 Å². The monoisotopic (exact) mass is 570 g/mol. The molecule has 0 saturated carbocycles. The molecule has 0 unspecified atom stereocenters. The maximum Gasteiger partial charge on any atom is 0.255 e. The van der Waals surface area contributed by atoms with Crippen LogP contribution in [0.3, 0.4) is 0 Å². The third-order valence-electron chi connectivity index (χ3n) is 6.75. The van der Waals surface area contributed by atoms with Gasteiger partial charge in [-0.05, 0) is 84.5 Å². The van der Waals surface area contributed by atoms with E-state index in [9.17, 15) is 23.2 Å². The molecule has 5 N–H and O–H groups in total. The molecule has 0 atom stereocenters. The van der Waals surface area contributed by atoms with E-state index in [4.69, 9.17) is 5.73 Å². The Morgan fingerprint density at radius 3 is 1.62 bits per heavy atom. The molecule has 4 aromatic carbocycles. The predicted molar refractivity (Wildman–Crippen MR) is 159 cm³/mol. The summed E-state index contributed by atoms with van der Waals surface area (Å²) in [4.78, 5) is 39.0. The molecule has 3 amide bonds. The molecule has 0 aliphatic carbocycles. The first-order valence-corrected chi connectivity index (χ1v) is 13.6. The van der Waals surface area contributed by atoms with Crippen LogP contribution in [0.5, 0.6) is 0 Å². The normalized spacial score (nSPS) is 10.7. The van der Waals surface area contributed by atoms with Gasteiger partial charge in [-0.3, -0.25) is 14.4 Å². The summed E-state index contributed by atoms with van der Waals surface area (Å²) in [5.74, 6) is -2.94. The zero-order valence-electron chi connectivity index (χ0n) is 22.9. The molecule has 42 heavy (non-hydrogen) atoms. The number of carbonyl (C=O) groups is 3. The molecule has 216 valence electrons. The first-order valence-electron chi connectivity index (χ1n) is 13.6. The van der Waals surface area contributed by atoms with Gasteiger partial charge in [0.15, 0.2) is 0 Å². The standard InChI is InChI=1S/C33H32F2N4O3/c34-26-13-7-22(8-14-26)17-19-37-32(41)28(33(42)38-20-18-23-9-15-27(35)16-10-23)21-24-5-11-25(12-6-24)31(40)39-30-4-2-1-3-29(30)36/h1-16,28H,17-21,36H2,(H,37,41)(H,38,42)(H,39,40).